The van der Waals surface area contributed by atoms with Crippen molar-refractivity contribution in [3.8, 4) is 16.2 Å². The number of benzene rings is 2. The summed E-state index contributed by atoms with van der Waals surface area (Å²) in [5, 5.41) is 11.8. The lowest BCUT2D eigenvalue weighted by molar-refractivity contribution is 0.0996. The summed E-state index contributed by atoms with van der Waals surface area (Å²) in [5.41, 5.74) is 2.96. The van der Waals surface area contributed by atoms with Gasteiger partial charge in [-0.25, -0.2) is 4.79 Å². The number of thiophene rings is 1. The molecule has 0 bridgehead atoms. The van der Waals surface area contributed by atoms with E-state index in [4.69, 9.17) is 21.4 Å². The van der Waals surface area contributed by atoms with Crippen molar-refractivity contribution < 1.29 is 19.4 Å². The summed E-state index contributed by atoms with van der Waals surface area (Å²) < 4.78 is 5.81. The van der Waals surface area contributed by atoms with Crippen LogP contribution >= 0.6 is 22.9 Å². The smallest absolute Gasteiger partial charge is 0.409 e. The van der Waals surface area contributed by atoms with E-state index in [1.807, 2.05) is 24.3 Å². The number of rotatable bonds is 3. The Kier molecular flexibility index (Phi) is 5.17. The Bertz CT molecular complexity index is 1110. The van der Waals surface area contributed by atoms with E-state index in [1.165, 1.54) is 11.3 Å². The number of amides is 2. The number of nitrogens with zero attached hydrogens (tertiary/aromatic N) is 1. The predicted octanol–water partition coefficient (Wildman–Crippen LogP) is 5.37. The molecule has 2 N–H and O–H groups in total. The summed E-state index contributed by atoms with van der Waals surface area (Å²) in [6, 6.07) is 14.3. The van der Waals surface area contributed by atoms with Crippen LogP contribution in [0.1, 0.15) is 15.2 Å². The standard InChI is InChI=1S/C21H17ClN2O4S/c1-24(16-5-3-2-4-15(16)22)20(25)18-10-12-8-9-28-17-11-13(23-21(26)27)6-7-14(17)19(12)29-18/h2-7,10-11,23H,8-9H2,1H3,(H,26,27). The Hall–Kier alpha value is -3.03. The van der Waals surface area contributed by atoms with Gasteiger partial charge in [-0.3, -0.25) is 10.1 Å². The van der Waals surface area contributed by atoms with E-state index in [-0.39, 0.29) is 5.91 Å². The van der Waals surface area contributed by atoms with Gasteiger partial charge in [0.05, 0.1) is 22.2 Å². The summed E-state index contributed by atoms with van der Waals surface area (Å²) in [6.07, 6.45) is -0.475. The molecule has 2 aromatic carbocycles. The fourth-order valence-corrected chi connectivity index (χ4v) is 4.73. The molecule has 4 rings (SSSR count). The average Bonchev–Trinajstić information content (AvgIpc) is 3.03. The molecule has 29 heavy (non-hydrogen) atoms. The third kappa shape index (κ3) is 3.79. The van der Waals surface area contributed by atoms with Crippen LogP contribution in [-0.4, -0.2) is 30.8 Å². The SMILES string of the molecule is CN(C(=O)c1cc2c(s1)-c1ccc(NC(=O)O)cc1OCC2)c1ccccc1Cl. The normalized spacial score (nSPS) is 12.2. The molecule has 6 nitrogen and oxygen atoms in total. The minimum Gasteiger partial charge on any atom is -0.492 e. The summed E-state index contributed by atoms with van der Waals surface area (Å²) in [6.45, 7) is 0.446. The molecule has 1 aliphatic rings. The van der Waals surface area contributed by atoms with Crippen molar-refractivity contribution in [3.05, 3.63) is 64.0 Å². The first-order chi connectivity index (χ1) is 13.9. The van der Waals surface area contributed by atoms with Crippen LogP contribution in [-0.2, 0) is 6.42 Å². The van der Waals surface area contributed by atoms with E-state index in [0.717, 1.165) is 16.0 Å². The number of carboxylic acid groups (broad SMARTS) is 1. The largest absolute Gasteiger partial charge is 0.492 e. The molecule has 2 amide bonds. The fraction of sp³-hybridized carbons (Fsp3) is 0.143. The van der Waals surface area contributed by atoms with Crippen molar-refractivity contribution in [1.82, 2.24) is 0 Å². The first-order valence-corrected chi connectivity index (χ1v) is 10.1. The molecule has 3 aromatic rings. The van der Waals surface area contributed by atoms with Crippen LogP contribution < -0.4 is 15.0 Å². The Balaban J connectivity index is 1.69. The van der Waals surface area contributed by atoms with Gasteiger partial charge in [-0.2, -0.15) is 0 Å². The topological polar surface area (TPSA) is 78.9 Å². The molecule has 1 aromatic heterocycles. The molecule has 0 saturated heterocycles. The van der Waals surface area contributed by atoms with Crippen LogP contribution in [0.2, 0.25) is 5.02 Å². The highest BCUT2D eigenvalue weighted by molar-refractivity contribution is 7.17. The quantitative estimate of drug-likeness (QED) is 0.587. The van der Waals surface area contributed by atoms with Crippen molar-refractivity contribution in [2.75, 3.05) is 23.9 Å². The molecular formula is C21H17ClN2O4S. The van der Waals surface area contributed by atoms with Crippen molar-refractivity contribution >= 4 is 46.3 Å². The number of carbonyl (C=O) groups excluding carboxylic acids is 1. The van der Waals surface area contributed by atoms with Crippen molar-refractivity contribution in [2.24, 2.45) is 0 Å². The predicted molar refractivity (Wildman–Crippen MR) is 115 cm³/mol. The molecule has 0 fully saturated rings. The van der Waals surface area contributed by atoms with Gasteiger partial charge in [0.1, 0.15) is 5.75 Å². The summed E-state index contributed by atoms with van der Waals surface area (Å²) >= 11 is 7.63. The molecule has 0 atom stereocenters. The number of halogens is 1. The first kappa shape index (κ1) is 19.3. The van der Waals surface area contributed by atoms with E-state index in [1.54, 1.807) is 36.2 Å². The lowest BCUT2D eigenvalue weighted by Crippen LogP contribution is -2.25. The zero-order valence-corrected chi connectivity index (χ0v) is 17.0. The van der Waals surface area contributed by atoms with Gasteiger partial charge in [0.15, 0.2) is 0 Å². The molecule has 0 spiro atoms. The number of anilines is 2. The minimum absolute atomic E-state index is 0.136. The van der Waals surface area contributed by atoms with E-state index in [9.17, 15) is 9.59 Å². The van der Waals surface area contributed by atoms with E-state index < -0.39 is 6.09 Å². The van der Waals surface area contributed by atoms with E-state index in [0.29, 0.717) is 40.1 Å². The lowest BCUT2D eigenvalue weighted by atomic mass is 10.1. The monoisotopic (exact) mass is 428 g/mol. The van der Waals surface area contributed by atoms with Crippen molar-refractivity contribution in [2.45, 2.75) is 6.42 Å². The van der Waals surface area contributed by atoms with Gasteiger partial charge in [0.2, 0.25) is 0 Å². The number of carbonyl (C=O) groups is 2. The Morgan fingerprint density at radius 2 is 2.00 bits per heavy atom. The maximum Gasteiger partial charge on any atom is 0.409 e. The number of para-hydroxylation sites is 1. The Labute approximate surface area is 176 Å². The summed E-state index contributed by atoms with van der Waals surface area (Å²) in [5.74, 6) is 0.457. The molecule has 8 heteroatoms. The van der Waals surface area contributed by atoms with Gasteiger partial charge < -0.3 is 14.7 Å². The molecular weight excluding hydrogens is 412 g/mol. The number of hydrogen-bond acceptors (Lipinski definition) is 4. The third-order valence-electron chi connectivity index (χ3n) is 4.64. The van der Waals surface area contributed by atoms with Crippen LogP contribution in [0.15, 0.2) is 48.5 Å². The number of fused-ring (bicyclic) bond motifs is 3. The number of nitrogens with one attached hydrogen (secondary N) is 1. The minimum atomic E-state index is -1.13. The number of ether oxygens (including phenoxy) is 1. The lowest BCUT2D eigenvalue weighted by Gasteiger charge is -2.17. The number of hydrogen-bond donors (Lipinski definition) is 2. The van der Waals surface area contributed by atoms with Crippen LogP contribution in [0.5, 0.6) is 5.75 Å². The van der Waals surface area contributed by atoms with Gasteiger partial charge in [0.25, 0.3) is 5.91 Å². The van der Waals surface area contributed by atoms with E-state index in [2.05, 4.69) is 5.32 Å². The molecule has 0 unspecified atom stereocenters. The molecule has 1 aliphatic heterocycles. The maximum atomic E-state index is 13.1. The van der Waals surface area contributed by atoms with Crippen LogP contribution in [0.4, 0.5) is 16.2 Å². The summed E-state index contributed by atoms with van der Waals surface area (Å²) in [4.78, 5) is 27.1. The van der Waals surface area contributed by atoms with Crippen LogP contribution in [0.25, 0.3) is 10.4 Å². The maximum absolute atomic E-state index is 13.1. The Morgan fingerprint density at radius 3 is 2.76 bits per heavy atom. The molecule has 0 radical (unpaired) electrons. The molecule has 0 saturated carbocycles. The highest BCUT2D eigenvalue weighted by Crippen LogP contribution is 2.42. The second-order valence-electron chi connectivity index (χ2n) is 6.52. The van der Waals surface area contributed by atoms with Crippen LogP contribution in [0.3, 0.4) is 0 Å². The van der Waals surface area contributed by atoms with Gasteiger partial charge in [-0.15, -0.1) is 11.3 Å². The molecule has 148 valence electrons. The van der Waals surface area contributed by atoms with Gasteiger partial charge in [-0.1, -0.05) is 23.7 Å². The third-order valence-corrected chi connectivity index (χ3v) is 6.16. The van der Waals surface area contributed by atoms with Crippen molar-refractivity contribution in [1.29, 1.82) is 0 Å². The highest BCUT2D eigenvalue weighted by Gasteiger charge is 2.24. The van der Waals surface area contributed by atoms with Crippen LogP contribution in [0, 0.1) is 0 Å². The first-order valence-electron chi connectivity index (χ1n) is 8.86. The van der Waals surface area contributed by atoms with Crippen molar-refractivity contribution in [3.63, 3.8) is 0 Å². The fourth-order valence-electron chi connectivity index (χ4n) is 3.25. The van der Waals surface area contributed by atoms with Gasteiger partial charge in [0, 0.05) is 35.7 Å². The average molecular weight is 429 g/mol. The van der Waals surface area contributed by atoms with E-state index >= 15 is 0 Å². The second kappa shape index (κ2) is 7.77. The molecule has 0 aliphatic carbocycles. The Morgan fingerprint density at radius 1 is 1.21 bits per heavy atom. The second-order valence-corrected chi connectivity index (χ2v) is 7.98. The highest BCUT2D eigenvalue weighted by atomic mass is 35.5. The van der Waals surface area contributed by atoms with Gasteiger partial charge >= 0.3 is 6.09 Å². The summed E-state index contributed by atoms with van der Waals surface area (Å²) in [7, 11) is 1.70. The zero-order valence-electron chi connectivity index (χ0n) is 15.4. The van der Waals surface area contributed by atoms with Gasteiger partial charge in [-0.05, 0) is 35.9 Å². The zero-order chi connectivity index (χ0) is 20.5. The molecule has 2 heterocycles.